The molecule has 2 aliphatic rings. The molecule has 1 aliphatic heterocycles. The number of ether oxygens (including phenoxy) is 1. The Balaban J connectivity index is 1.87. The fourth-order valence-corrected chi connectivity index (χ4v) is 4.31. The van der Waals surface area contributed by atoms with Crippen LogP contribution in [0.4, 0.5) is 0 Å². The van der Waals surface area contributed by atoms with Gasteiger partial charge < -0.3 is 10.5 Å². The first-order valence-corrected chi connectivity index (χ1v) is 10.3. The van der Waals surface area contributed by atoms with E-state index in [9.17, 15) is 5.26 Å². The van der Waals surface area contributed by atoms with E-state index in [1.54, 1.807) is 0 Å². The molecule has 5 heteroatoms. The van der Waals surface area contributed by atoms with Gasteiger partial charge >= 0.3 is 0 Å². The number of nitriles is 1. The molecular formula is C24H20Cl2N2O. The lowest BCUT2D eigenvalue weighted by Crippen LogP contribution is -2.33. The Morgan fingerprint density at radius 1 is 1.07 bits per heavy atom. The summed E-state index contributed by atoms with van der Waals surface area (Å²) in [5.41, 5.74) is 11.7. The number of benzene rings is 2. The number of rotatable bonds is 2. The van der Waals surface area contributed by atoms with Gasteiger partial charge in [0.05, 0.1) is 0 Å². The number of nitrogens with two attached hydrogens (primary N) is 1. The van der Waals surface area contributed by atoms with Crippen LogP contribution in [0, 0.1) is 17.2 Å². The van der Waals surface area contributed by atoms with Gasteiger partial charge in [0, 0.05) is 15.6 Å². The summed E-state index contributed by atoms with van der Waals surface area (Å²) in [6.07, 6.45) is 3.74. The summed E-state index contributed by atoms with van der Waals surface area (Å²) < 4.78 is 6.10. The Morgan fingerprint density at radius 2 is 1.69 bits per heavy atom. The van der Waals surface area contributed by atoms with Crippen LogP contribution < -0.4 is 5.73 Å². The molecule has 2 unspecified atom stereocenters. The molecule has 0 amide bonds. The first-order chi connectivity index (χ1) is 14.0. The van der Waals surface area contributed by atoms with Gasteiger partial charge in [0.25, 0.3) is 0 Å². The van der Waals surface area contributed by atoms with Crippen molar-refractivity contribution in [2.75, 3.05) is 0 Å². The molecule has 1 fully saturated rings. The summed E-state index contributed by atoms with van der Waals surface area (Å²) in [4.78, 5) is 0. The summed E-state index contributed by atoms with van der Waals surface area (Å²) in [5, 5.41) is 11.2. The fraction of sp³-hybridized carbons (Fsp3) is 0.208. The van der Waals surface area contributed by atoms with Crippen LogP contribution in [0.1, 0.15) is 30.9 Å². The van der Waals surface area contributed by atoms with Crippen LogP contribution in [0.2, 0.25) is 10.0 Å². The predicted molar refractivity (Wildman–Crippen MR) is 118 cm³/mol. The van der Waals surface area contributed by atoms with Gasteiger partial charge in [-0.05, 0) is 65.3 Å². The number of fused-ring (bicyclic) bond motifs is 1. The average molecular weight is 423 g/mol. The van der Waals surface area contributed by atoms with Crippen LogP contribution in [-0.2, 0) is 4.74 Å². The highest BCUT2D eigenvalue weighted by atomic mass is 35.5. The summed E-state index contributed by atoms with van der Waals surface area (Å²) in [6.45, 7) is 2.18. The zero-order valence-electron chi connectivity index (χ0n) is 16.0. The van der Waals surface area contributed by atoms with Crippen LogP contribution in [-0.4, -0.2) is 6.10 Å². The van der Waals surface area contributed by atoms with E-state index < -0.39 is 0 Å². The first kappa shape index (κ1) is 19.6. The lowest BCUT2D eigenvalue weighted by Gasteiger charge is -2.38. The van der Waals surface area contributed by atoms with Gasteiger partial charge in [0.1, 0.15) is 17.7 Å². The van der Waals surface area contributed by atoms with E-state index in [2.05, 4.69) is 19.1 Å². The van der Waals surface area contributed by atoms with Crippen molar-refractivity contribution < 1.29 is 4.74 Å². The SMILES string of the molecule is CC1CC/C(=C/c2ccc(Cl)cc2)C2OC(N)=C(C#N)C(c3ccc(Cl)cc3)=C12. The van der Waals surface area contributed by atoms with Crippen LogP contribution in [0.15, 0.2) is 71.1 Å². The molecule has 1 aliphatic carbocycles. The minimum absolute atomic E-state index is 0.169. The smallest absolute Gasteiger partial charge is 0.204 e. The van der Waals surface area contributed by atoms with Crippen LogP contribution in [0.25, 0.3) is 11.6 Å². The summed E-state index contributed by atoms with van der Waals surface area (Å²) in [7, 11) is 0. The molecule has 146 valence electrons. The summed E-state index contributed by atoms with van der Waals surface area (Å²) >= 11 is 12.1. The molecule has 2 N–H and O–H groups in total. The zero-order valence-corrected chi connectivity index (χ0v) is 17.5. The number of nitrogens with zero attached hydrogens (tertiary/aromatic N) is 1. The molecule has 1 heterocycles. The maximum atomic E-state index is 9.80. The lowest BCUT2D eigenvalue weighted by molar-refractivity contribution is 0.143. The molecule has 4 rings (SSSR count). The molecule has 2 aromatic carbocycles. The van der Waals surface area contributed by atoms with Gasteiger partial charge in [0.15, 0.2) is 0 Å². The minimum Gasteiger partial charge on any atom is -0.466 e. The van der Waals surface area contributed by atoms with Gasteiger partial charge in [-0.2, -0.15) is 5.26 Å². The lowest BCUT2D eigenvalue weighted by atomic mass is 9.74. The number of hydrogen-bond donors (Lipinski definition) is 1. The molecule has 0 aromatic heterocycles. The quantitative estimate of drug-likeness (QED) is 0.612. The van der Waals surface area contributed by atoms with Crippen molar-refractivity contribution in [2.45, 2.75) is 25.9 Å². The third kappa shape index (κ3) is 3.79. The normalized spacial score (nSPS) is 22.9. The van der Waals surface area contributed by atoms with Crippen molar-refractivity contribution in [2.24, 2.45) is 11.7 Å². The minimum atomic E-state index is -0.280. The standard InChI is InChI=1S/C24H20Cl2N2O/c1-14-2-5-17(12-15-3-8-18(25)9-4-15)23-21(14)22(20(13-27)24(28)29-23)16-6-10-19(26)11-7-16/h3-4,6-12,14,23H,2,5,28H2,1H3/b17-12-. The molecule has 0 radical (unpaired) electrons. The number of hydrogen-bond acceptors (Lipinski definition) is 3. The molecule has 0 bridgehead atoms. The van der Waals surface area contributed by atoms with Crippen LogP contribution >= 0.6 is 23.2 Å². The molecule has 0 spiro atoms. The second-order valence-electron chi connectivity index (χ2n) is 7.40. The largest absolute Gasteiger partial charge is 0.466 e. The Hall–Kier alpha value is -2.67. The van der Waals surface area contributed by atoms with Crippen LogP contribution in [0.5, 0.6) is 0 Å². The molecule has 0 saturated heterocycles. The monoisotopic (exact) mass is 422 g/mol. The highest BCUT2D eigenvalue weighted by Gasteiger charge is 2.38. The average Bonchev–Trinajstić information content (AvgIpc) is 2.71. The molecule has 29 heavy (non-hydrogen) atoms. The maximum Gasteiger partial charge on any atom is 0.204 e. The Labute approximate surface area is 180 Å². The molecule has 3 nitrogen and oxygen atoms in total. The second kappa shape index (κ2) is 7.99. The van der Waals surface area contributed by atoms with Crippen LogP contribution in [0.3, 0.4) is 0 Å². The molecule has 2 atom stereocenters. The Bertz CT molecular complexity index is 1070. The maximum absolute atomic E-state index is 9.80. The topological polar surface area (TPSA) is 59.0 Å². The van der Waals surface area contributed by atoms with E-state index >= 15 is 0 Å². The first-order valence-electron chi connectivity index (χ1n) is 9.51. The number of allylic oxidation sites excluding steroid dienone is 2. The third-order valence-corrected chi connectivity index (χ3v) is 6.02. The zero-order chi connectivity index (χ0) is 20.5. The van der Waals surface area contributed by atoms with Crippen molar-refractivity contribution in [3.8, 4) is 6.07 Å². The van der Waals surface area contributed by atoms with E-state index in [-0.39, 0.29) is 17.9 Å². The molecule has 1 saturated carbocycles. The van der Waals surface area contributed by atoms with E-state index in [0.717, 1.165) is 40.7 Å². The fourth-order valence-electron chi connectivity index (χ4n) is 4.06. The highest BCUT2D eigenvalue weighted by molar-refractivity contribution is 6.30. The summed E-state index contributed by atoms with van der Waals surface area (Å²) in [5.74, 6) is 0.437. The van der Waals surface area contributed by atoms with E-state index in [4.69, 9.17) is 33.7 Å². The number of halogens is 2. The van der Waals surface area contributed by atoms with Crippen molar-refractivity contribution in [3.63, 3.8) is 0 Å². The van der Waals surface area contributed by atoms with Gasteiger partial charge in [-0.3, -0.25) is 0 Å². The van der Waals surface area contributed by atoms with Crippen molar-refractivity contribution >= 4 is 34.9 Å². The van der Waals surface area contributed by atoms with Crippen molar-refractivity contribution in [1.29, 1.82) is 5.26 Å². The Kier molecular flexibility index (Phi) is 5.41. The highest BCUT2D eigenvalue weighted by Crippen LogP contribution is 2.46. The van der Waals surface area contributed by atoms with E-state index in [1.165, 1.54) is 0 Å². The molecule has 2 aromatic rings. The second-order valence-corrected chi connectivity index (χ2v) is 8.27. The van der Waals surface area contributed by atoms with Gasteiger partial charge in [0.2, 0.25) is 5.88 Å². The Morgan fingerprint density at radius 3 is 2.31 bits per heavy atom. The van der Waals surface area contributed by atoms with Gasteiger partial charge in [-0.25, -0.2) is 0 Å². The van der Waals surface area contributed by atoms with E-state index in [1.807, 2.05) is 48.5 Å². The van der Waals surface area contributed by atoms with Crippen molar-refractivity contribution in [3.05, 3.63) is 92.3 Å². The van der Waals surface area contributed by atoms with Gasteiger partial charge in [-0.15, -0.1) is 0 Å². The third-order valence-electron chi connectivity index (χ3n) is 5.51. The van der Waals surface area contributed by atoms with E-state index in [0.29, 0.717) is 15.6 Å². The van der Waals surface area contributed by atoms with Gasteiger partial charge in [-0.1, -0.05) is 60.5 Å². The van der Waals surface area contributed by atoms with Crippen molar-refractivity contribution in [1.82, 2.24) is 0 Å². The summed E-state index contributed by atoms with van der Waals surface area (Å²) in [6, 6.07) is 17.5. The molecular weight excluding hydrogens is 403 g/mol. The predicted octanol–water partition coefficient (Wildman–Crippen LogP) is 6.35.